The van der Waals surface area contributed by atoms with E-state index >= 15 is 0 Å². The topological polar surface area (TPSA) is 121 Å². The van der Waals surface area contributed by atoms with Crippen LogP contribution < -0.4 is 16.0 Å². The van der Waals surface area contributed by atoms with Crippen LogP contribution >= 0.6 is 23.4 Å². The number of carbonyl (C=O) groups excluding carboxylic acids is 5. The van der Waals surface area contributed by atoms with Gasteiger partial charge in [0.2, 0.25) is 5.91 Å². The summed E-state index contributed by atoms with van der Waals surface area (Å²) in [5.41, 5.74) is 3.37. The van der Waals surface area contributed by atoms with Gasteiger partial charge in [0.05, 0.1) is 11.3 Å². The van der Waals surface area contributed by atoms with Gasteiger partial charge < -0.3 is 16.0 Å². The van der Waals surface area contributed by atoms with Crippen molar-refractivity contribution in [2.24, 2.45) is 0 Å². The number of benzene rings is 6. The summed E-state index contributed by atoms with van der Waals surface area (Å²) in [5.74, 6) is -2.02. The molecule has 6 aromatic carbocycles. The number of hydrogen-bond acceptors (Lipinski definition) is 6. The third kappa shape index (κ3) is 7.78. The Morgan fingerprint density at radius 3 is 1.93 bits per heavy atom. The summed E-state index contributed by atoms with van der Waals surface area (Å²) >= 11 is 7.65. The lowest BCUT2D eigenvalue weighted by Crippen LogP contribution is -2.30. The van der Waals surface area contributed by atoms with Crippen molar-refractivity contribution in [3.63, 3.8) is 0 Å². The first-order chi connectivity index (χ1) is 26.3. The van der Waals surface area contributed by atoms with Crippen LogP contribution in [-0.2, 0) is 9.59 Å². The Hall–Kier alpha value is -6.55. The molecule has 0 saturated heterocycles. The average Bonchev–Trinajstić information content (AvgIpc) is 3.20. The maximum atomic E-state index is 14.1. The number of ketones is 2. The second-order valence-electron chi connectivity index (χ2n) is 12.2. The Balaban J connectivity index is 1.11. The van der Waals surface area contributed by atoms with Crippen LogP contribution in [0.3, 0.4) is 0 Å². The molecule has 3 amide bonds. The lowest BCUT2D eigenvalue weighted by Gasteiger charge is -2.22. The fourth-order valence-corrected chi connectivity index (χ4v) is 7.20. The van der Waals surface area contributed by atoms with Gasteiger partial charge in [-0.15, -0.1) is 11.8 Å². The summed E-state index contributed by atoms with van der Waals surface area (Å²) in [7, 11) is 0. The molecule has 0 radical (unpaired) electrons. The molecule has 1 aliphatic rings. The van der Waals surface area contributed by atoms with E-state index in [2.05, 4.69) is 16.0 Å². The van der Waals surface area contributed by atoms with Crippen molar-refractivity contribution in [3.8, 4) is 0 Å². The molecule has 1 unspecified atom stereocenters. The summed E-state index contributed by atoms with van der Waals surface area (Å²) < 4.78 is 0. The first-order valence-corrected chi connectivity index (χ1v) is 18.1. The Labute approximate surface area is 320 Å². The van der Waals surface area contributed by atoms with Gasteiger partial charge >= 0.3 is 0 Å². The molecule has 8 nitrogen and oxygen atoms in total. The molecule has 0 heterocycles. The number of thioether (sulfide) groups is 1. The highest BCUT2D eigenvalue weighted by molar-refractivity contribution is 8.00. The van der Waals surface area contributed by atoms with Crippen molar-refractivity contribution in [3.05, 3.63) is 201 Å². The van der Waals surface area contributed by atoms with Gasteiger partial charge in [-0.25, -0.2) is 0 Å². The molecule has 0 aromatic heterocycles. The summed E-state index contributed by atoms with van der Waals surface area (Å²) in [4.78, 5) is 68.3. The van der Waals surface area contributed by atoms with E-state index in [0.29, 0.717) is 33.0 Å². The van der Waals surface area contributed by atoms with Crippen LogP contribution in [-0.4, -0.2) is 29.3 Å². The minimum Gasteiger partial charge on any atom is -0.324 e. The second-order valence-corrected chi connectivity index (χ2v) is 13.8. The fraction of sp³-hybridized carbons (Fsp3) is 0.0227. The second kappa shape index (κ2) is 16.0. The van der Waals surface area contributed by atoms with Crippen LogP contribution in [0.15, 0.2) is 162 Å². The zero-order valence-electron chi connectivity index (χ0n) is 28.4. The summed E-state index contributed by atoms with van der Waals surface area (Å²) in [5, 5.41) is 8.14. The highest BCUT2D eigenvalue weighted by atomic mass is 35.5. The lowest BCUT2D eigenvalue weighted by atomic mass is 9.83. The molecule has 7 rings (SSSR count). The quantitative estimate of drug-likeness (QED) is 0.0949. The van der Waals surface area contributed by atoms with Gasteiger partial charge in [0.1, 0.15) is 10.9 Å². The van der Waals surface area contributed by atoms with Crippen molar-refractivity contribution >= 4 is 70.1 Å². The van der Waals surface area contributed by atoms with Crippen molar-refractivity contribution in [1.82, 2.24) is 5.32 Å². The number of fused-ring (bicyclic) bond motifs is 2. The van der Waals surface area contributed by atoms with Gasteiger partial charge in [0, 0.05) is 37.9 Å². The number of nitrogens with one attached hydrogen (secondary N) is 3. The van der Waals surface area contributed by atoms with Crippen LogP contribution in [0.25, 0.3) is 6.08 Å². The van der Waals surface area contributed by atoms with Crippen LogP contribution in [0, 0.1) is 0 Å². The molecule has 3 N–H and O–H groups in total. The van der Waals surface area contributed by atoms with Gasteiger partial charge in [-0.3, -0.25) is 24.0 Å². The van der Waals surface area contributed by atoms with Gasteiger partial charge in [-0.1, -0.05) is 115 Å². The average molecular weight is 748 g/mol. The van der Waals surface area contributed by atoms with E-state index in [1.54, 1.807) is 121 Å². The summed E-state index contributed by atoms with van der Waals surface area (Å²) in [6, 6.07) is 43.2. The van der Waals surface area contributed by atoms with E-state index in [-0.39, 0.29) is 40.0 Å². The Morgan fingerprint density at radius 2 is 1.22 bits per heavy atom. The van der Waals surface area contributed by atoms with Gasteiger partial charge in [-0.05, 0) is 65.7 Å². The number of carbonyl (C=O) groups is 5. The van der Waals surface area contributed by atoms with E-state index in [0.717, 1.165) is 10.5 Å². The van der Waals surface area contributed by atoms with E-state index in [4.69, 9.17) is 11.6 Å². The molecule has 54 heavy (non-hydrogen) atoms. The van der Waals surface area contributed by atoms with E-state index in [1.165, 1.54) is 17.8 Å². The number of halogens is 1. The van der Waals surface area contributed by atoms with Gasteiger partial charge in [0.15, 0.2) is 11.6 Å². The zero-order chi connectivity index (χ0) is 37.6. The molecule has 264 valence electrons. The Kier molecular flexibility index (Phi) is 10.6. The van der Waals surface area contributed by atoms with Gasteiger partial charge in [-0.2, -0.15) is 0 Å². The molecule has 0 spiro atoms. The first-order valence-electron chi connectivity index (χ1n) is 16.8. The number of anilines is 2. The van der Waals surface area contributed by atoms with Crippen molar-refractivity contribution in [2.45, 2.75) is 10.1 Å². The molecule has 10 heteroatoms. The third-order valence-electron chi connectivity index (χ3n) is 8.65. The standard InChI is InChI=1S/C44H30ClN3O5S/c45-35-20-10-7-16-29(35)26-37(48-42(51)28-14-5-2-6-15-28)43(52)46-30-22-24-31(25-23-30)54-41(27-12-3-1-4-13-27)44(53)47-36-21-11-19-34-38(36)40(50)33-18-9-8-17-32(33)39(34)49/h1-26,41H,(H,46,52)(H,47,53)(H,48,51)/b37-26-. The van der Waals surface area contributed by atoms with E-state index < -0.39 is 17.1 Å². The normalized spacial score (nSPS) is 12.6. The molecule has 1 atom stereocenters. The van der Waals surface area contributed by atoms with Crippen LogP contribution in [0.5, 0.6) is 0 Å². The third-order valence-corrected chi connectivity index (χ3v) is 10.3. The van der Waals surface area contributed by atoms with E-state index in [1.807, 2.05) is 30.3 Å². The van der Waals surface area contributed by atoms with Crippen LogP contribution in [0.1, 0.15) is 58.6 Å². The summed E-state index contributed by atoms with van der Waals surface area (Å²) in [6.07, 6.45) is 1.51. The highest BCUT2D eigenvalue weighted by Gasteiger charge is 2.33. The minimum absolute atomic E-state index is 0.0111. The highest BCUT2D eigenvalue weighted by Crippen LogP contribution is 2.38. The molecule has 0 fully saturated rings. The maximum Gasteiger partial charge on any atom is 0.272 e. The monoisotopic (exact) mass is 747 g/mol. The van der Waals surface area contributed by atoms with Crippen LogP contribution in [0.4, 0.5) is 11.4 Å². The molecule has 0 aliphatic heterocycles. The molecule has 0 bridgehead atoms. The first kappa shape index (κ1) is 35.8. The fourth-order valence-electron chi connectivity index (χ4n) is 5.99. The zero-order valence-corrected chi connectivity index (χ0v) is 30.0. The predicted molar refractivity (Wildman–Crippen MR) is 212 cm³/mol. The SMILES string of the molecule is O=C(Nc1ccc(SC(C(=O)Nc2cccc3c2C(=O)c2ccccc2C3=O)c2ccccc2)cc1)/C(=C/c1ccccc1Cl)NC(=O)c1ccccc1. The Bertz CT molecular complexity index is 2450. The van der Waals surface area contributed by atoms with E-state index in [9.17, 15) is 24.0 Å². The van der Waals surface area contributed by atoms with Crippen molar-refractivity contribution < 1.29 is 24.0 Å². The summed E-state index contributed by atoms with van der Waals surface area (Å²) in [6.45, 7) is 0. The molecule has 1 aliphatic carbocycles. The predicted octanol–water partition coefficient (Wildman–Crippen LogP) is 9.00. The van der Waals surface area contributed by atoms with Crippen molar-refractivity contribution in [2.75, 3.05) is 10.6 Å². The number of amides is 3. The Morgan fingerprint density at radius 1 is 0.611 bits per heavy atom. The largest absolute Gasteiger partial charge is 0.324 e. The minimum atomic E-state index is -0.748. The molecular formula is C44H30ClN3O5S. The molecule has 6 aromatic rings. The molecule has 0 saturated carbocycles. The number of rotatable bonds is 10. The maximum absolute atomic E-state index is 14.1. The van der Waals surface area contributed by atoms with Gasteiger partial charge in [0.25, 0.3) is 11.8 Å². The smallest absolute Gasteiger partial charge is 0.272 e. The van der Waals surface area contributed by atoms with Crippen LogP contribution in [0.2, 0.25) is 5.02 Å². The molecular weight excluding hydrogens is 718 g/mol. The lowest BCUT2D eigenvalue weighted by molar-refractivity contribution is -0.116. The number of hydrogen-bond donors (Lipinski definition) is 3. The van der Waals surface area contributed by atoms with Crippen molar-refractivity contribution in [1.29, 1.82) is 0 Å².